The van der Waals surface area contributed by atoms with Gasteiger partial charge in [0.15, 0.2) is 5.76 Å². The summed E-state index contributed by atoms with van der Waals surface area (Å²) >= 11 is 0. The highest BCUT2D eigenvalue weighted by molar-refractivity contribution is 5.95. The van der Waals surface area contributed by atoms with E-state index >= 15 is 0 Å². The maximum Gasteiger partial charge on any atom is 0.150 e. The third-order valence-electron chi connectivity index (χ3n) is 4.24. The molecule has 3 heteroatoms. The van der Waals surface area contributed by atoms with Crippen LogP contribution in [0.4, 0.5) is 0 Å². The molecule has 1 N–H and O–H groups in total. The normalized spacial score (nSPS) is 17.3. The van der Waals surface area contributed by atoms with Gasteiger partial charge in [-0.1, -0.05) is 42.5 Å². The van der Waals surface area contributed by atoms with Gasteiger partial charge in [0, 0.05) is 23.1 Å². The number of benzene rings is 1. The fraction of sp³-hybridized carbons (Fsp3) is 0.200. The van der Waals surface area contributed by atoms with Crippen LogP contribution in [0, 0.1) is 0 Å². The molecular weight excluding hydrogens is 286 g/mol. The average molecular weight is 305 g/mol. The first-order chi connectivity index (χ1) is 11.4. The highest BCUT2D eigenvalue weighted by Crippen LogP contribution is 2.35. The third-order valence-corrected chi connectivity index (χ3v) is 4.24. The van der Waals surface area contributed by atoms with Crippen LogP contribution < -0.4 is 5.32 Å². The second-order valence-corrected chi connectivity index (χ2v) is 5.68. The Labute approximate surface area is 135 Å². The summed E-state index contributed by atoms with van der Waals surface area (Å²) in [4.78, 5) is 0. The van der Waals surface area contributed by atoms with Crippen LogP contribution in [0.15, 0.2) is 64.8 Å². The quantitative estimate of drug-likeness (QED) is 0.897. The van der Waals surface area contributed by atoms with E-state index in [-0.39, 0.29) is 0 Å². The number of nitrogens with one attached hydrogen (secondary N) is 1. The number of methoxy groups -OCH3 is 1. The molecule has 0 unspecified atom stereocenters. The minimum absolute atomic E-state index is 0.863. The van der Waals surface area contributed by atoms with Gasteiger partial charge in [-0.25, -0.2) is 0 Å². The first-order valence-electron chi connectivity index (χ1n) is 7.95. The molecule has 116 valence electrons. The van der Waals surface area contributed by atoms with Gasteiger partial charge in [0.1, 0.15) is 11.3 Å². The van der Waals surface area contributed by atoms with Crippen molar-refractivity contribution in [3.05, 3.63) is 71.7 Å². The third kappa shape index (κ3) is 2.48. The summed E-state index contributed by atoms with van der Waals surface area (Å²) in [6.45, 7) is 0.979. The van der Waals surface area contributed by atoms with Crippen molar-refractivity contribution < 1.29 is 9.15 Å². The summed E-state index contributed by atoms with van der Waals surface area (Å²) in [7, 11) is 1.71. The second kappa shape index (κ2) is 5.84. The van der Waals surface area contributed by atoms with E-state index in [0.29, 0.717) is 0 Å². The number of fused-ring (bicyclic) bond motifs is 1. The standard InChI is InChI=1S/C20H19NO2/c1-22-18-11-4-2-3-8-15(18)16-9-5-7-14-13-19(23-20(14)16)17-10-6-12-21-17/h2,4-5,7-11,13,21H,3,6,12H2,1H3. The van der Waals surface area contributed by atoms with E-state index in [9.17, 15) is 0 Å². The van der Waals surface area contributed by atoms with E-state index in [1.165, 1.54) is 0 Å². The molecule has 1 aliphatic carbocycles. The van der Waals surface area contributed by atoms with Gasteiger partial charge in [-0.3, -0.25) is 0 Å². The van der Waals surface area contributed by atoms with Crippen LogP contribution in [-0.4, -0.2) is 13.7 Å². The lowest BCUT2D eigenvalue weighted by atomic mass is 10.0. The Morgan fingerprint density at radius 3 is 3.00 bits per heavy atom. The molecule has 0 saturated heterocycles. The zero-order chi connectivity index (χ0) is 15.6. The van der Waals surface area contributed by atoms with Crippen LogP contribution in [0.5, 0.6) is 0 Å². The van der Waals surface area contributed by atoms with Gasteiger partial charge in [0.2, 0.25) is 0 Å². The highest BCUT2D eigenvalue weighted by atomic mass is 16.5. The first-order valence-corrected chi connectivity index (χ1v) is 7.95. The van der Waals surface area contributed by atoms with Crippen LogP contribution in [0.2, 0.25) is 0 Å². The monoisotopic (exact) mass is 305 g/mol. The molecule has 0 bridgehead atoms. The fourth-order valence-corrected chi connectivity index (χ4v) is 3.12. The van der Waals surface area contributed by atoms with Crippen molar-refractivity contribution in [2.24, 2.45) is 0 Å². The molecule has 1 aromatic carbocycles. The Hall–Kier alpha value is -2.68. The minimum atomic E-state index is 0.863. The van der Waals surface area contributed by atoms with Crippen LogP contribution in [-0.2, 0) is 4.74 Å². The molecule has 0 amide bonds. The van der Waals surface area contributed by atoms with Gasteiger partial charge in [-0.15, -0.1) is 0 Å². The highest BCUT2D eigenvalue weighted by Gasteiger charge is 2.17. The van der Waals surface area contributed by atoms with Gasteiger partial charge in [0.05, 0.1) is 12.8 Å². The number of ether oxygens (including phenoxy) is 1. The van der Waals surface area contributed by atoms with Gasteiger partial charge >= 0.3 is 0 Å². The van der Waals surface area contributed by atoms with Crippen LogP contribution in [0.1, 0.15) is 24.2 Å². The van der Waals surface area contributed by atoms with Crippen LogP contribution in [0.25, 0.3) is 22.2 Å². The van der Waals surface area contributed by atoms with E-state index in [2.05, 4.69) is 47.8 Å². The summed E-state index contributed by atoms with van der Waals surface area (Å²) in [5.74, 6) is 1.77. The molecule has 2 aromatic rings. The van der Waals surface area contributed by atoms with E-state index in [4.69, 9.17) is 9.15 Å². The average Bonchev–Trinajstić information content (AvgIpc) is 3.19. The smallest absolute Gasteiger partial charge is 0.150 e. The molecule has 0 atom stereocenters. The van der Waals surface area contributed by atoms with Gasteiger partial charge in [-0.05, 0) is 25.0 Å². The molecule has 1 aliphatic heterocycles. The molecule has 4 rings (SSSR count). The molecule has 2 heterocycles. The van der Waals surface area contributed by atoms with Crippen LogP contribution in [0.3, 0.4) is 0 Å². The van der Waals surface area contributed by atoms with Gasteiger partial charge in [-0.2, -0.15) is 0 Å². The van der Waals surface area contributed by atoms with Crippen LogP contribution >= 0.6 is 0 Å². The van der Waals surface area contributed by atoms with Crippen molar-refractivity contribution >= 4 is 22.2 Å². The Morgan fingerprint density at radius 2 is 2.17 bits per heavy atom. The lowest BCUT2D eigenvalue weighted by Gasteiger charge is -2.11. The minimum Gasteiger partial charge on any atom is -0.496 e. The zero-order valence-electron chi connectivity index (χ0n) is 13.1. The second-order valence-electron chi connectivity index (χ2n) is 5.68. The van der Waals surface area contributed by atoms with E-state index < -0.39 is 0 Å². The number of furan rings is 1. The van der Waals surface area contributed by atoms with Gasteiger partial charge < -0.3 is 14.5 Å². The molecule has 0 saturated carbocycles. The van der Waals surface area contributed by atoms with Crippen molar-refractivity contribution in [2.75, 3.05) is 13.7 Å². The summed E-state index contributed by atoms with van der Waals surface area (Å²) in [6, 6.07) is 8.36. The summed E-state index contributed by atoms with van der Waals surface area (Å²) < 4.78 is 11.8. The van der Waals surface area contributed by atoms with Crippen molar-refractivity contribution in [3.8, 4) is 0 Å². The predicted molar refractivity (Wildman–Crippen MR) is 93.6 cm³/mol. The molecule has 23 heavy (non-hydrogen) atoms. The molecule has 0 spiro atoms. The number of rotatable bonds is 3. The molecule has 3 nitrogen and oxygen atoms in total. The van der Waals surface area contributed by atoms with Crippen molar-refractivity contribution in [1.82, 2.24) is 5.32 Å². The van der Waals surface area contributed by atoms with Crippen molar-refractivity contribution in [3.63, 3.8) is 0 Å². The number of allylic oxidation sites excluding steroid dienone is 5. The summed E-state index contributed by atoms with van der Waals surface area (Å²) in [6.07, 6.45) is 12.5. The van der Waals surface area contributed by atoms with E-state index in [1.807, 2.05) is 12.2 Å². The van der Waals surface area contributed by atoms with Crippen molar-refractivity contribution in [2.45, 2.75) is 12.8 Å². The number of hydrogen-bond acceptors (Lipinski definition) is 3. The Balaban J connectivity index is 1.85. The van der Waals surface area contributed by atoms with Gasteiger partial charge in [0.25, 0.3) is 0 Å². The number of para-hydroxylation sites is 1. The lowest BCUT2D eigenvalue weighted by molar-refractivity contribution is 0.311. The maximum absolute atomic E-state index is 6.20. The Morgan fingerprint density at radius 1 is 1.22 bits per heavy atom. The van der Waals surface area contributed by atoms with Crippen molar-refractivity contribution in [1.29, 1.82) is 0 Å². The topological polar surface area (TPSA) is 34.4 Å². The SMILES string of the molecule is COC1=CC=CCC=C1c1cccc2cc(C3=CCCN3)oc12. The van der Waals surface area contributed by atoms with E-state index in [1.54, 1.807) is 7.11 Å². The molecular formula is C20H19NO2. The molecule has 1 aromatic heterocycles. The number of hydrogen-bond donors (Lipinski definition) is 1. The summed E-state index contributed by atoms with van der Waals surface area (Å²) in [5.41, 5.74) is 4.15. The molecule has 0 fully saturated rings. The molecule has 2 aliphatic rings. The predicted octanol–water partition coefficient (Wildman–Crippen LogP) is 4.64. The fourth-order valence-electron chi connectivity index (χ4n) is 3.12. The zero-order valence-corrected chi connectivity index (χ0v) is 13.1. The summed E-state index contributed by atoms with van der Waals surface area (Å²) in [5, 5.41) is 4.48. The Bertz CT molecular complexity index is 865. The Kier molecular flexibility index (Phi) is 3.54. The lowest BCUT2D eigenvalue weighted by Crippen LogP contribution is -2.05. The largest absolute Gasteiger partial charge is 0.496 e. The maximum atomic E-state index is 6.20. The first kappa shape index (κ1) is 13.9. The van der Waals surface area contributed by atoms with E-state index in [0.717, 1.165) is 58.7 Å². The molecule has 0 radical (unpaired) electrons.